The van der Waals surface area contributed by atoms with Gasteiger partial charge in [0, 0.05) is 19.5 Å². The van der Waals surface area contributed by atoms with E-state index in [9.17, 15) is 0 Å². The van der Waals surface area contributed by atoms with Crippen molar-refractivity contribution >= 4 is 0 Å². The van der Waals surface area contributed by atoms with Crippen molar-refractivity contribution in [1.29, 1.82) is 0 Å². The molecule has 1 unspecified atom stereocenters. The average Bonchev–Trinajstić information content (AvgIpc) is 2.32. The first-order chi connectivity index (χ1) is 5.35. The van der Waals surface area contributed by atoms with E-state index >= 15 is 0 Å². The van der Waals surface area contributed by atoms with Gasteiger partial charge in [-0.1, -0.05) is 6.92 Å². The smallest absolute Gasteiger partial charge is 0.0842 e. The van der Waals surface area contributed by atoms with Crippen LogP contribution in [0.2, 0.25) is 0 Å². The van der Waals surface area contributed by atoms with Crippen LogP contribution in [0.5, 0.6) is 0 Å². The number of likely N-dealkylation sites (tertiary alicyclic amines) is 1. The monoisotopic (exact) mass is 155 g/mol. The molecule has 2 rings (SSSR count). The van der Waals surface area contributed by atoms with Crippen molar-refractivity contribution in [1.82, 2.24) is 4.90 Å². The van der Waals surface area contributed by atoms with Gasteiger partial charge in [0.05, 0.1) is 12.2 Å². The van der Waals surface area contributed by atoms with Crippen LogP contribution in [0.1, 0.15) is 26.2 Å². The van der Waals surface area contributed by atoms with Crippen molar-refractivity contribution in [3.05, 3.63) is 0 Å². The first-order valence-electron chi connectivity index (χ1n) is 4.71. The summed E-state index contributed by atoms with van der Waals surface area (Å²) >= 11 is 0. The zero-order valence-corrected chi connectivity index (χ0v) is 7.31. The second-order valence-corrected chi connectivity index (χ2v) is 3.81. The highest BCUT2D eigenvalue weighted by Crippen LogP contribution is 2.35. The van der Waals surface area contributed by atoms with Crippen molar-refractivity contribution in [2.75, 3.05) is 26.2 Å². The van der Waals surface area contributed by atoms with E-state index in [1.807, 2.05) is 0 Å². The summed E-state index contributed by atoms with van der Waals surface area (Å²) in [7, 11) is 0. The highest BCUT2D eigenvalue weighted by atomic mass is 16.5. The minimum absolute atomic E-state index is 0.315. The lowest BCUT2D eigenvalue weighted by Crippen LogP contribution is -2.45. The zero-order valence-electron chi connectivity index (χ0n) is 7.31. The molecule has 2 heteroatoms. The molecule has 2 nitrogen and oxygen atoms in total. The molecule has 2 aliphatic heterocycles. The van der Waals surface area contributed by atoms with Crippen molar-refractivity contribution in [2.24, 2.45) is 0 Å². The molecular formula is C9H17NO. The maximum Gasteiger partial charge on any atom is 0.0842 e. The molecule has 2 fully saturated rings. The molecule has 0 radical (unpaired) electrons. The number of hydrogen-bond acceptors (Lipinski definition) is 2. The molecule has 0 amide bonds. The molecule has 2 aliphatic rings. The van der Waals surface area contributed by atoms with Crippen LogP contribution in [0.3, 0.4) is 0 Å². The Balaban J connectivity index is 1.83. The van der Waals surface area contributed by atoms with E-state index in [2.05, 4.69) is 11.8 Å². The average molecular weight is 155 g/mol. The Morgan fingerprint density at radius 1 is 1.45 bits per heavy atom. The SMILES string of the molecule is CCCN1CCC2(CCO2)C1. The summed E-state index contributed by atoms with van der Waals surface area (Å²) in [6.07, 6.45) is 3.84. The van der Waals surface area contributed by atoms with Crippen LogP contribution in [0.4, 0.5) is 0 Å². The second kappa shape index (κ2) is 2.76. The summed E-state index contributed by atoms with van der Waals surface area (Å²) in [5, 5.41) is 0. The normalized spacial score (nSPS) is 37.9. The predicted molar refractivity (Wildman–Crippen MR) is 44.6 cm³/mol. The number of hydrogen-bond donors (Lipinski definition) is 0. The van der Waals surface area contributed by atoms with Gasteiger partial charge in [0.1, 0.15) is 0 Å². The van der Waals surface area contributed by atoms with Crippen molar-refractivity contribution in [3.63, 3.8) is 0 Å². The highest BCUT2D eigenvalue weighted by molar-refractivity contribution is 4.96. The van der Waals surface area contributed by atoms with E-state index < -0.39 is 0 Å². The first kappa shape index (κ1) is 7.56. The van der Waals surface area contributed by atoms with E-state index in [4.69, 9.17) is 4.74 Å². The number of rotatable bonds is 2. The lowest BCUT2D eigenvalue weighted by Gasteiger charge is -2.38. The van der Waals surface area contributed by atoms with Crippen LogP contribution in [-0.2, 0) is 4.74 Å². The molecule has 11 heavy (non-hydrogen) atoms. The minimum Gasteiger partial charge on any atom is -0.373 e. The maximum atomic E-state index is 5.61. The zero-order chi connectivity index (χ0) is 7.73. The molecule has 0 aromatic heterocycles. The van der Waals surface area contributed by atoms with Gasteiger partial charge in [0.2, 0.25) is 0 Å². The maximum absolute atomic E-state index is 5.61. The number of nitrogens with zero attached hydrogens (tertiary/aromatic N) is 1. The quantitative estimate of drug-likeness (QED) is 0.595. The summed E-state index contributed by atoms with van der Waals surface area (Å²) in [6, 6.07) is 0. The topological polar surface area (TPSA) is 12.5 Å². The summed E-state index contributed by atoms with van der Waals surface area (Å²) in [5.74, 6) is 0. The van der Waals surface area contributed by atoms with Crippen molar-refractivity contribution in [3.8, 4) is 0 Å². The van der Waals surface area contributed by atoms with E-state index in [0.29, 0.717) is 5.60 Å². The highest BCUT2D eigenvalue weighted by Gasteiger charge is 2.43. The fourth-order valence-corrected chi connectivity index (χ4v) is 2.15. The Hall–Kier alpha value is -0.0800. The molecule has 0 saturated carbocycles. The van der Waals surface area contributed by atoms with Crippen LogP contribution in [0, 0.1) is 0 Å². The van der Waals surface area contributed by atoms with E-state index in [1.54, 1.807) is 0 Å². The third kappa shape index (κ3) is 1.30. The Morgan fingerprint density at radius 3 is 2.73 bits per heavy atom. The summed E-state index contributed by atoms with van der Waals surface area (Å²) in [6.45, 7) is 6.95. The van der Waals surface area contributed by atoms with Gasteiger partial charge in [-0.25, -0.2) is 0 Å². The molecule has 0 aromatic carbocycles. The summed E-state index contributed by atoms with van der Waals surface area (Å²) < 4.78 is 5.61. The summed E-state index contributed by atoms with van der Waals surface area (Å²) in [5.41, 5.74) is 0.315. The van der Waals surface area contributed by atoms with Gasteiger partial charge in [-0.2, -0.15) is 0 Å². The van der Waals surface area contributed by atoms with Crippen LogP contribution >= 0.6 is 0 Å². The minimum atomic E-state index is 0.315. The van der Waals surface area contributed by atoms with Gasteiger partial charge in [-0.05, 0) is 19.4 Å². The van der Waals surface area contributed by atoms with Gasteiger partial charge in [-0.15, -0.1) is 0 Å². The van der Waals surface area contributed by atoms with E-state index in [1.165, 1.54) is 38.9 Å². The van der Waals surface area contributed by atoms with Crippen LogP contribution in [0.25, 0.3) is 0 Å². The molecule has 0 aromatic rings. The Kier molecular flexibility index (Phi) is 1.90. The molecule has 1 spiro atoms. The van der Waals surface area contributed by atoms with Gasteiger partial charge in [0.25, 0.3) is 0 Å². The van der Waals surface area contributed by atoms with Gasteiger partial charge >= 0.3 is 0 Å². The standard InChI is InChI=1S/C9H17NO/c1-2-5-10-6-3-9(8-10)4-7-11-9/h2-8H2,1H3. The van der Waals surface area contributed by atoms with Gasteiger partial charge in [0.15, 0.2) is 0 Å². The molecule has 2 saturated heterocycles. The largest absolute Gasteiger partial charge is 0.373 e. The third-order valence-corrected chi connectivity index (χ3v) is 2.90. The van der Waals surface area contributed by atoms with Crippen molar-refractivity contribution < 1.29 is 4.74 Å². The lowest BCUT2D eigenvalue weighted by molar-refractivity contribution is -0.137. The Bertz CT molecular complexity index is 142. The molecule has 1 atom stereocenters. The van der Waals surface area contributed by atoms with E-state index in [0.717, 1.165) is 6.61 Å². The lowest BCUT2D eigenvalue weighted by atomic mass is 9.94. The predicted octanol–water partition coefficient (Wildman–Crippen LogP) is 1.26. The van der Waals surface area contributed by atoms with Crippen LogP contribution in [0.15, 0.2) is 0 Å². The molecule has 2 heterocycles. The fourth-order valence-electron chi connectivity index (χ4n) is 2.15. The van der Waals surface area contributed by atoms with Crippen molar-refractivity contribution in [2.45, 2.75) is 31.8 Å². The molecule has 0 aliphatic carbocycles. The van der Waals surface area contributed by atoms with Crippen LogP contribution < -0.4 is 0 Å². The Morgan fingerprint density at radius 2 is 2.27 bits per heavy atom. The second-order valence-electron chi connectivity index (χ2n) is 3.81. The molecular weight excluding hydrogens is 138 g/mol. The van der Waals surface area contributed by atoms with Gasteiger partial charge in [-0.3, -0.25) is 0 Å². The van der Waals surface area contributed by atoms with Gasteiger partial charge < -0.3 is 9.64 Å². The molecule has 0 N–H and O–H groups in total. The Labute approximate surface area is 68.5 Å². The fraction of sp³-hybridized carbons (Fsp3) is 1.00. The van der Waals surface area contributed by atoms with E-state index in [-0.39, 0.29) is 0 Å². The third-order valence-electron chi connectivity index (χ3n) is 2.90. The number of ether oxygens (including phenoxy) is 1. The summed E-state index contributed by atoms with van der Waals surface area (Å²) in [4.78, 5) is 2.53. The first-order valence-corrected chi connectivity index (χ1v) is 4.71. The molecule has 0 bridgehead atoms. The molecule has 64 valence electrons. The van der Waals surface area contributed by atoms with Crippen LogP contribution in [-0.4, -0.2) is 36.7 Å².